The molecule has 26 heavy (non-hydrogen) atoms. The Bertz CT molecular complexity index is 901. The van der Waals surface area contributed by atoms with E-state index in [1.165, 1.54) is 23.9 Å². The number of sulfonamides is 1. The van der Waals surface area contributed by atoms with Gasteiger partial charge in [0.05, 0.1) is 7.11 Å². The number of anilines is 1. The van der Waals surface area contributed by atoms with Crippen molar-refractivity contribution in [3.8, 4) is 5.75 Å². The van der Waals surface area contributed by atoms with Crippen LogP contribution in [0.5, 0.6) is 5.75 Å². The van der Waals surface area contributed by atoms with E-state index in [0.29, 0.717) is 18.7 Å². The molecule has 1 aliphatic rings. The van der Waals surface area contributed by atoms with Gasteiger partial charge in [-0.05, 0) is 37.5 Å². The lowest BCUT2D eigenvalue weighted by Gasteiger charge is -2.27. The van der Waals surface area contributed by atoms with Crippen LogP contribution in [0, 0.1) is 0 Å². The summed E-state index contributed by atoms with van der Waals surface area (Å²) in [6.45, 7) is 1.39. The average molecular weight is 378 g/mol. The van der Waals surface area contributed by atoms with Crippen molar-refractivity contribution in [2.45, 2.75) is 24.2 Å². The van der Waals surface area contributed by atoms with E-state index < -0.39 is 10.0 Å². The maximum atomic E-state index is 12.8. The summed E-state index contributed by atoms with van der Waals surface area (Å²) in [5, 5.41) is 4.02. The molecule has 0 bridgehead atoms. The molecular formula is C17H22N4O4S. The molecule has 1 aromatic carbocycles. The first-order chi connectivity index (χ1) is 12.4. The fourth-order valence-corrected chi connectivity index (χ4v) is 4.15. The normalized spacial score (nSPS) is 14.9. The Morgan fingerprint density at radius 1 is 1.19 bits per heavy atom. The molecule has 2 heterocycles. The Labute approximate surface area is 152 Å². The highest BCUT2D eigenvalue weighted by molar-refractivity contribution is 7.92. The molecule has 8 nitrogen and oxygen atoms in total. The van der Waals surface area contributed by atoms with Crippen molar-refractivity contribution in [2.75, 3.05) is 24.9 Å². The molecule has 0 spiro atoms. The second kappa shape index (κ2) is 7.36. The van der Waals surface area contributed by atoms with Gasteiger partial charge in [-0.15, -0.1) is 0 Å². The van der Waals surface area contributed by atoms with Crippen LogP contribution in [0.4, 0.5) is 5.82 Å². The van der Waals surface area contributed by atoms with Crippen LogP contribution in [0.15, 0.2) is 35.4 Å². The molecule has 1 fully saturated rings. The number of nitrogens with zero attached hydrogens (tertiary/aromatic N) is 3. The van der Waals surface area contributed by atoms with E-state index in [1.54, 1.807) is 30.3 Å². The second-order valence-corrected chi connectivity index (χ2v) is 7.85. The van der Waals surface area contributed by atoms with Gasteiger partial charge >= 0.3 is 0 Å². The number of likely N-dealkylation sites (tertiary alicyclic amines) is 1. The van der Waals surface area contributed by atoms with Crippen LogP contribution in [0.3, 0.4) is 0 Å². The number of carbonyl (C=O) groups is 1. The first kappa shape index (κ1) is 18.2. The summed E-state index contributed by atoms with van der Waals surface area (Å²) in [5.74, 6) is 0.201. The van der Waals surface area contributed by atoms with Gasteiger partial charge in [-0.2, -0.15) is 5.10 Å². The van der Waals surface area contributed by atoms with Crippen LogP contribution in [-0.4, -0.2) is 49.2 Å². The van der Waals surface area contributed by atoms with Crippen molar-refractivity contribution in [1.82, 2.24) is 14.7 Å². The predicted molar refractivity (Wildman–Crippen MR) is 96.8 cm³/mol. The molecular weight excluding hydrogens is 356 g/mol. The molecule has 2 aromatic rings. The molecule has 0 saturated carbocycles. The Morgan fingerprint density at radius 2 is 1.92 bits per heavy atom. The minimum absolute atomic E-state index is 0.0893. The van der Waals surface area contributed by atoms with E-state index in [1.807, 2.05) is 0 Å². The third-order valence-corrected chi connectivity index (χ3v) is 5.67. The highest BCUT2D eigenvalue weighted by Crippen LogP contribution is 2.27. The summed E-state index contributed by atoms with van der Waals surface area (Å²) in [5.41, 5.74) is 0.328. The van der Waals surface area contributed by atoms with Crippen molar-refractivity contribution in [3.63, 3.8) is 0 Å². The first-order valence-corrected chi connectivity index (χ1v) is 9.89. The molecule has 0 aliphatic carbocycles. The third kappa shape index (κ3) is 3.82. The van der Waals surface area contributed by atoms with Crippen LogP contribution in [0.2, 0.25) is 0 Å². The SMILES string of the molecule is COc1ccc(C(=O)N2CCCCC2)cc1S(=O)(=O)Nc1ccn(C)n1. The standard InChI is InChI=1S/C17H22N4O4S/c1-20-11-8-16(18-20)19-26(23,24)15-12-13(6-7-14(15)25-2)17(22)21-9-4-3-5-10-21/h6-8,11-12H,3-5,9-10H2,1-2H3,(H,18,19). The largest absolute Gasteiger partial charge is 0.495 e. The van der Waals surface area contributed by atoms with E-state index in [9.17, 15) is 13.2 Å². The van der Waals surface area contributed by atoms with Gasteiger partial charge in [0.1, 0.15) is 10.6 Å². The summed E-state index contributed by atoms with van der Waals surface area (Å²) in [4.78, 5) is 14.4. The Balaban J connectivity index is 1.93. The Kier molecular flexibility index (Phi) is 5.17. The number of rotatable bonds is 5. The van der Waals surface area contributed by atoms with Gasteiger partial charge < -0.3 is 9.64 Å². The number of amides is 1. The van der Waals surface area contributed by atoms with Crippen LogP contribution >= 0.6 is 0 Å². The zero-order chi connectivity index (χ0) is 18.7. The summed E-state index contributed by atoms with van der Waals surface area (Å²) in [6, 6.07) is 6.01. The highest BCUT2D eigenvalue weighted by atomic mass is 32.2. The van der Waals surface area contributed by atoms with Crippen LogP contribution < -0.4 is 9.46 Å². The molecule has 1 amide bonds. The fourth-order valence-electron chi connectivity index (χ4n) is 2.96. The van der Waals surface area contributed by atoms with E-state index in [4.69, 9.17) is 4.74 Å². The fraction of sp³-hybridized carbons (Fsp3) is 0.412. The highest BCUT2D eigenvalue weighted by Gasteiger charge is 2.25. The molecule has 140 valence electrons. The molecule has 0 radical (unpaired) electrons. The summed E-state index contributed by atoms with van der Waals surface area (Å²) >= 11 is 0. The maximum Gasteiger partial charge on any atom is 0.266 e. The monoisotopic (exact) mass is 378 g/mol. The van der Waals surface area contributed by atoms with Crippen molar-refractivity contribution in [2.24, 2.45) is 7.05 Å². The lowest BCUT2D eigenvalue weighted by molar-refractivity contribution is 0.0724. The van der Waals surface area contributed by atoms with Gasteiger partial charge in [0.15, 0.2) is 5.82 Å². The summed E-state index contributed by atoms with van der Waals surface area (Å²) < 4.78 is 34.6. The first-order valence-electron chi connectivity index (χ1n) is 8.40. The number of hydrogen-bond donors (Lipinski definition) is 1. The molecule has 9 heteroatoms. The number of ether oxygens (including phenoxy) is 1. The predicted octanol–water partition coefficient (Wildman–Crippen LogP) is 1.86. The van der Waals surface area contributed by atoms with Crippen LogP contribution in [-0.2, 0) is 17.1 Å². The molecule has 1 saturated heterocycles. The average Bonchev–Trinajstić information content (AvgIpc) is 3.05. The van der Waals surface area contributed by atoms with E-state index in [2.05, 4.69) is 9.82 Å². The minimum atomic E-state index is -3.95. The number of hydrogen-bond acceptors (Lipinski definition) is 5. The Morgan fingerprint density at radius 3 is 2.54 bits per heavy atom. The quantitative estimate of drug-likeness (QED) is 0.857. The van der Waals surface area contributed by atoms with Gasteiger partial charge in [0.2, 0.25) is 0 Å². The molecule has 0 unspecified atom stereocenters. The lowest BCUT2D eigenvalue weighted by Crippen LogP contribution is -2.35. The van der Waals surface area contributed by atoms with Crippen molar-refractivity contribution in [1.29, 1.82) is 0 Å². The Hall–Kier alpha value is -2.55. The summed E-state index contributed by atoms with van der Waals surface area (Å²) in [7, 11) is -0.870. The number of methoxy groups -OCH3 is 1. The van der Waals surface area contributed by atoms with E-state index in [0.717, 1.165) is 19.3 Å². The van der Waals surface area contributed by atoms with E-state index >= 15 is 0 Å². The maximum absolute atomic E-state index is 12.8. The van der Waals surface area contributed by atoms with Gasteiger partial charge in [0.25, 0.3) is 15.9 Å². The zero-order valence-electron chi connectivity index (χ0n) is 14.8. The van der Waals surface area contributed by atoms with Crippen molar-refractivity contribution >= 4 is 21.7 Å². The van der Waals surface area contributed by atoms with Gasteiger partial charge in [-0.3, -0.25) is 14.2 Å². The van der Waals surface area contributed by atoms with Crippen molar-refractivity contribution < 1.29 is 17.9 Å². The molecule has 1 aromatic heterocycles. The number of aromatic nitrogens is 2. The van der Waals surface area contributed by atoms with E-state index in [-0.39, 0.29) is 22.4 Å². The minimum Gasteiger partial charge on any atom is -0.495 e. The zero-order valence-corrected chi connectivity index (χ0v) is 15.6. The molecule has 1 N–H and O–H groups in total. The van der Waals surface area contributed by atoms with Crippen LogP contribution in [0.25, 0.3) is 0 Å². The lowest BCUT2D eigenvalue weighted by atomic mass is 10.1. The van der Waals surface area contributed by atoms with Gasteiger partial charge in [-0.25, -0.2) is 8.42 Å². The number of nitrogens with one attached hydrogen (secondary N) is 1. The number of benzene rings is 1. The molecule has 3 rings (SSSR count). The molecule has 0 atom stereocenters. The third-order valence-electron chi connectivity index (χ3n) is 4.30. The summed E-state index contributed by atoms with van der Waals surface area (Å²) in [6.07, 6.45) is 4.67. The second-order valence-electron chi connectivity index (χ2n) is 6.20. The van der Waals surface area contributed by atoms with Gasteiger partial charge in [-0.1, -0.05) is 0 Å². The van der Waals surface area contributed by atoms with Crippen LogP contribution in [0.1, 0.15) is 29.6 Å². The number of carbonyl (C=O) groups excluding carboxylic acids is 1. The number of aryl methyl sites for hydroxylation is 1. The smallest absolute Gasteiger partial charge is 0.266 e. The topological polar surface area (TPSA) is 93.5 Å². The molecule has 1 aliphatic heterocycles. The van der Waals surface area contributed by atoms with Gasteiger partial charge in [0, 0.05) is 38.0 Å². The number of piperidine rings is 1. The van der Waals surface area contributed by atoms with Crippen molar-refractivity contribution in [3.05, 3.63) is 36.0 Å².